The van der Waals surface area contributed by atoms with Gasteiger partial charge in [-0.05, 0) is 24.3 Å². The number of hydrogen-bond acceptors (Lipinski definition) is 2. The highest BCUT2D eigenvalue weighted by Gasteiger charge is 2.17. The second-order valence-electron chi connectivity index (χ2n) is 3.84. The number of aryl methyl sites for hydroxylation is 1. The van der Waals surface area contributed by atoms with Crippen LogP contribution in [0.3, 0.4) is 0 Å². The van der Waals surface area contributed by atoms with E-state index in [4.69, 9.17) is 0 Å². The Morgan fingerprint density at radius 2 is 2.31 bits per heavy atom. The molecule has 0 radical (unpaired) electrons. The number of nitrogens with zero attached hydrogens (tertiary/aromatic N) is 1. The van der Waals surface area contributed by atoms with Crippen LogP contribution in [0.1, 0.15) is 11.3 Å². The molecule has 2 nitrogen and oxygen atoms in total. The van der Waals surface area contributed by atoms with E-state index in [0.717, 1.165) is 22.3 Å². The van der Waals surface area contributed by atoms with Crippen molar-refractivity contribution in [2.75, 3.05) is 5.75 Å². The SMILES string of the molecule is Brc1cccc(-c2n[nH]c3c2CSCC3)c1. The van der Waals surface area contributed by atoms with Gasteiger partial charge in [-0.2, -0.15) is 16.9 Å². The summed E-state index contributed by atoms with van der Waals surface area (Å²) in [6, 6.07) is 8.32. The van der Waals surface area contributed by atoms with Crippen LogP contribution in [-0.2, 0) is 12.2 Å². The summed E-state index contributed by atoms with van der Waals surface area (Å²) in [5, 5.41) is 7.62. The number of thioether (sulfide) groups is 1. The Balaban J connectivity index is 2.09. The Kier molecular flexibility index (Phi) is 2.77. The summed E-state index contributed by atoms with van der Waals surface area (Å²) in [5.41, 5.74) is 5.00. The van der Waals surface area contributed by atoms with E-state index in [9.17, 15) is 0 Å². The van der Waals surface area contributed by atoms with Gasteiger partial charge in [0.05, 0.1) is 5.69 Å². The van der Waals surface area contributed by atoms with Crippen molar-refractivity contribution in [1.29, 1.82) is 0 Å². The molecule has 3 rings (SSSR count). The molecule has 16 heavy (non-hydrogen) atoms. The van der Waals surface area contributed by atoms with Gasteiger partial charge in [-0.25, -0.2) is 0 Å². The van der Waals surface area contributed by atoms with Gasteiger partial charge < -0.3 is 0 Å². The quantitative estimate of drug-likeness (QED) is 0.870. The maximum Gasteiger partial charge on any atom is 0.0964 e. The molecule has 1 aliphatic rings. The standard InChI is InChI=1S/C12H11BrN2S/c13-9-3-1-2-8(6-9)12-10-7-16-5-4-11(10)14-15-12/h1-3,6H,4-5,7H2,(H,14,15). The van der Waals surface area contributed by atoms with Gasteiger partial charge in [0.25, 0.3) is 0 Å². The Hall–Kier alpha value is -0.740. The second kappa shape index (κ2) is 4.26. The number of aromatic nitrogens is 2. The first-order valence-electron chi connectivity index (χ1n) is 5.24. The third kappa shape index (κ3) is 1.80. The molecule has 82 valence electrons. The van der Waals surface area contributed by atoms with Crippen LogP contribution in [-0.4, -0.2) is 16.0 Å². The number of H-pyrrole nitrogens is 1. The average molecular weight is 295 g/mol. The Labute approximate surface area is 107 Å². The fourth-order valence-electron chi connectivity index (χ4n) is 1.99. The van der Waals surface area contributed by atoms with Gasteiger partial charge in [-0.3, -0.25) is 5.10 Å². The summed E-state index contributed by atoms with van der Waals surface area (Å²) >= 11 is 5.48. The average Bonchev–Trinajstić information content (AvgIpc) is 2.72. The first-order chi connectivity index (χ1) is 7.84. The Morgan fingerprint density at radius 3 is 3.19 bits per heavy atom. The first-order valence-corrected chi connectivity index (χ1v) is 7.19. The molecule has 0 fully saturated rings. The van der Waals surface area contributed by atoms with Crippen molar-refractivity contribution in [2.24, 2.45) is 0 Å². The second-order valence-corrected chi connectivity index (χ2v) is 5.86. The summed E-state index contributed by atoms with van der Waals surface area (Å²) in [7, 11) is 0. The minimum atomic E-state index is 1.08. The fourth-order valence-corrected chi connectivity index (χ4v) is 3.39. The van der Waals surface area contributed by atoms with E-state index in [0.29, 0.717) is 0 Å². The van der Waals surface area contributed by atoms with Crippen molar-refractivity contribution in [2.45, 2.75) is 12.2 Å². The zero-order chi connectivity index (χ0) is 11.0. The van der Waals surface area contributed by atoms with E-state index in [1.807, 2.05) is 17.8 Å². The number of halogens is 1. The molecule has 0 unspecified atom stereocenters. The van der Waals surface area contributed by atoms with E-state index in [2.05, 4.69) is 44.3 Å². The topological polar surface area (TPSA) is 28.7 Å². The predicted octanol–water partition coefficient (Wildman–Crippen LogP) is 3.63. The van der Waals surface area contributed by atoms with Crippen LogP contribution < -0.4 is 0 Å². The fraction of sp³-hybridized carbons (Fsp3) is 0.250. The van der Waals surface area contributed by atoms with Crippen molar-refractivity contribution in [3.63, 3.8) is 0 Å². The summed E-state index contributed by atoms with van der Waals surface area (Å²) in [5.74, 6) is 2.28. The lowest BCUT2D eigenvalue weighted by atomic mass is 10.1. The molecule has 1 aliphatic heterocycles. The molecule has 4 heteroatoms. The molecule has 0 saturated heterocycles. The van der Waals surface area contributed by atoms with Crippen LogP contribution in [0.2, 0.25) is 0 Å². The van der Waals surface area contributed by atoms with Crippen LogP contribution in [0, 0.1) is 0 Å². The van der Waals surface area contributed by atoms with E-state index < -0.39 is 0 Å². The molecule has 1 N–H and O–H groups in total. The predicted molar refractivity (Wildman–Crippen MR) is 71.6 cm³/mol. The molecule has 0 amide bonds. The summed E-state index contributed by atoms with van der Waals surface area (Å²) in [6.07, 6.45) is 1.11. The largest absolute Gasteiger partial charge is 0.282 e. The van der Waals surface area contributed by atoms with Crippen molar-refractivity contribution in [3.05, 3.63) is 40.0 Å². The van der Waals surface area contributed by atoms with E-state index in [-0.39, 0.29) is 0 Å². The van der Waals surface area contributed by atoms with Crippen LogP contribution in [0.5, 0.6) is 0 Å². The molecular formula is C12H11BrN2S. The monoisotopic (exact) mass is 294 g/mol. The molecule has 0 aliphatic carbocycles. The molecule has 0 spiro atoms. The lowest BCUT2D eigenvalue weighted by molar-refractivity contribution is 0.966. The molecule has 2 aromatic rings. The minimum absolute atomic E-state index is 1.08. The minimum Gasteiger partial charge on any atom is -0.282 e. The van der Waals surface area contributed by atoms with E-state index in [1.165, 1.54) is 22.6 Å². The number of nitrogens with one attached hydrogen (secondary N) is 1. The zero-order valence-corrected chi connectivity index (χ0v) is 11.1. The van der Waals surface area contributed by atoms with Gasteiger partial charge in [-0.15, -0.1) is 0 Å². The lowest BCUT2D eigenvalue weighted by Crippen LogP contribution is -2.00. The highest BCUT2D eigenvalue weighted by atomic mass is 79.9. The van der Waals surface area contributed by atoms with Crippen molar-refractivity contribution in [1.82, 2.24) is 10.2 Å². The van der Waals surface area contributed by atoms with Gasteiger partial charge in [-0.1, -0.05) is 28.1 Å². The normalized spacial score (nSPS) is 14.8. The molecule has 1 aromatic heterocycles. The number of fused-ring (bicyclic) bond motifs is 1. The maximum atomic E-state index is 4.45. The van der Waals surface area contributed by atoms with Crippen LogP contribution in [0.15, 0.2) is 28.7 Å². The molecule has 0 bridgehead atoms. The number of aromatic amines is 1. The number of rotatable bonds is 1. The molecule has 0 saturated carbocycles. The highest BCUT2D eigenvalue weighted by molar-refractivity contribution is 9.10. The highest BCUT2D eigenvalue weighted by Crippen LogP contribution is 2.32. The van der Waals surface area contributed by atoms with Gasteiger partial charge in [0.1, 0.15) is 0 Å². The third-order valence-electron chi connectivity index (χ3n) is 2.79. The van der Waals surface area contributed by atoms with E-state index >= 15 is 0 Å². The van der Waals surface area contributed by atoms with Crippen LogP contribution in [0.25, 0.3) is 11.3 Å². The van der Waals surface area contributed by atoms with Crippen molar-refractivity contribution < 1.29 is 0 Å². The zero-order valence-electron chi connectivity index (χ0n) is 8.66. The van der Waals surface area contributed by atoms with Gasteiger partial charge in [0, 0.05) is 27.0 Å². The van der Waals surface area contributed by atoms with Gasteiger partial charge in [0.15, 0.2) is 0 Å². The summed E-state index contributed by atoms with van der Waals surface area (Å²) in [6.45, 7) is 0. The van der Waals surface area contributed by atoms with Crippen LogP contribution in [0.4, 0.5) is 0 Å². The number of hydrogen-bond donors (Lipinski definition) is 1. The maximum absolute atomic E-state index is 4.45. The van der Waals surface area contributed by atoms with Crippen molar-refractivity contribution >= 4 is 27.7 Å². The van der Waals surface area contributed by atoms with E-state index in [1.54, 1.807) is 0 Å². The van der Waals surface area contributed by atoms with Gasteiger partial charge >= 0.3 is 0 Å². The lowest BCUT2D eigenvalue weighted by Gasteiger charge is -2.11. The van der Waals surface area contributed by atoms with Crippen LogP contribution >= 0.6 is 27.7 Å². The molecular weight excluding hydrogens is 284 g/mol. The first kappa shape index (κ1) is 10.4. The summed E-state index contributed by atoms with van der Waals surface area (Å²) in [4.78, 5) is 0. The summed E-state index contributed by atoms with van der Waals surface area (Å²) < 4.78 is 1.10. The number of benzene rings is 1. The molecule has 2 heterocycles. The molecule has 0 atom stereocenters. The Morgan fingerprint density at radius 1 is 1.38 bits per heavy atom. The third-order valence-corrected chi connectivity index (χ3v) is 4.27. The van der Waals surface area contributed by atoms with Crippen molar-refractivity contribution in [3.8, 4) is 11.3 Å². The Bertz CT molecular complexity index is 521. The van der Waals surface area contributed by atoms with Gasteiger partial charge in [0.2, 0.25) is 0 Å². The molecule has 1 aromatic carbocycles. The smallest absolute Gasteiger partial charge is 0.0964 e.